The van der Waals surface area contributed by atoms with Crippen LogP contribution in [-0.2, 0) is 11.3 Å². The molecule has 0 saturated carbocycles. The number of nitrogens with two attached hydrogens (primary N) is 1. The number of aryl methyl sites for hydroxylation is 1. The van der Waals surface area contributed by atoms with E-state index in [1.807, 2.05) is 20.8 Å². The number of hydrogen-bond acceptors (Lipinski definition) is 5. The van der Waals surface area contributed by atoms with Gasteiger partial charge in [-0.05, 0) is 19.8 Å². The Morgan fingerprint density at radius 3 is 2.52 bits per heavy atom. The molecule has 1 rings (SSSR count). The van der Waals surface area contributed by atoms with E-state index in [0.717, 1.165) is 23.4 Å². The van der Waals surface area contributed by atoms with Crippen molar-refractivity contribution in [2.75, 3.05) is 0 Å². The van der Waals surface area contributed by atoms with Gasteiger partial charge in [0.05, 0.1) is 17.7 Å². The van der Waals surface area contributed by atoms with Crippen LogP contribution >= 0.6 is 11.3 Å². The summed E-state index contributed by atoms with van der Waals surface area (Å²) in [5.74, 6) is -0.195. The molecule has 0 unspecified atom stereocenters. The van der Waals surface area contributed by atoms with Crippen LogP contribution in [0.2, 0.25) is 0 Å². The van der Waals surface area contributed by atoms with E-state index in [4.69, 9.17) is 10.9 Å². The van der Waals surface area contributed by atoms with Gasteiger partial charge in [0.25, 0.3) is 0 Å². The number of carbonyl (C=O) groups is 1. The van der Waals surface area contributed by atoms with E-state index < -0.39 is 5.41 Å². The lowest BCUT2D eigenvalue weighted by Crippen LogP contribution is -2.49. The molecule has 0 aromatic carbocycles. The van der Waals surface area contributed by atoms with Gasteiger partial charge in [-0.2, -0.15) is 0 Å². The zero-order valence-corrected chi connectivity index (χ0v) is 13.7. The van der Waals surface area contributed by atoms with Crippen LogP contribution in [0, 0.1) is 12.3 Å². The summed E-state index contributed by atoms with van der Waals surface area (Å²) in [6, 6.07) is 0. The van der Waals surface area contributed by atoms with Crippen molar-refractivity contribution in [1.82, 2.24) is 10.3 Å². The van der Waals surface area contributed by atoms with Gasteiger partial charge in [-0.1, -0.05) is 31.8 Å². The third kappa shape index (κ3) is 3.93. The molecule has 0 aliphatic carbocycles. The van der Waals surface area contributed by atoms with Crippen molar-refractivity contribution >= 4 is 23.1 Å². The largest absolute Gasteiger partial charge is 0.409 e. The van der Waals surface area contributed by atoms with Crippen molar-refractivity contribution in [2.24, 2.45) is 16.3 Å². The average molecular weight is 312 g/mol. The molecule has 0 spiro atoms. The maximum Gasteiger partial charge on any atom is 0.234 e. The highest BCUT2D eigenvalue weighted by molar-refractivity contribution is 7.09. The van der Waals surface area contributed by atoms with Crippen LogP contribution in [0.3, 0.4) is 0 Å². The Balaban J connectivity index is 2.91. The Labute approximate surface area is 129 Å². The summed E-state index contributed by atoms with van der Waals surface area (Å²) >= 11 is 1.51. The standard InChI is InChI=1S/C14H24N4O2S/c1-4-6-14(7-5-2,12(15)18-20)13(19)16-8-11-10(3)17-9-21-11/h9,20H,4-8H2,1-3H3,(H2,15,18)(H,16,19). The second kappa shape index (κ2) is 7.97. The maximum atomic E-state index is 12.7. The Hall–Kier alpha value is -1.63. The molecule has 1 aromatic rings. The maximum absolute atomic E-state index is 12.7. The molecular formula is C14H24N4O2S. The first-order valence-corrected chi connectivity index (χ1v) is 8.05. The van der Waals surface area contributed by atoms with Gasteiger partial charge in [0.15, 0.2) is 5.84 Å². The molecule has 118 valence electrons. The van der Waals surface area contributed by atoms with Gasteiger partial charge in [0, 0.05) is 4.88 Å². The van der Waals surface area contributed by atoms with Crippen molar-refractivity contribution in [3.63, 3.8) is 0 Å². The van der Waals surface area contributed by atoms with E-state index in [1.54, 1.807) is 5.51 Å². The van der Waals surface area contributed by atoms with Gasteiger partial charge in [-0.3, -0.25) is 4.79 Å². The van der Waals surface area contributed by atoms with Crippen molar-refractivity contribution in [1.29, 1.82) is 0 Å². The molecule has 0 aliphatic heterocycles. The minimum Gasteiger partial charge on any atom is -0.409 e. The van der Waals surface area contributed by atoms with Crippen LogP contribution in [-0.4, -0.2) is 21.9 Å². The molecule has 0 atom stereocenters. The van der Waals surface area contributed by atoms with Crippen LogP contribution in [0.4, 0.5) is 0 Å². The van der Waals surface area contributed by atoms with Gasteiger partial charge in [0.1, 0.15) is 5.41 Å². The van der Waals surface area contributed by atoms with Crippen molar-refractivity contribution in [3.8, 4) is 0 Å². The number of hydrogen-bond donors (Lipinski definition) is 3. The molecule has 7 heteroatoms. The lowest BCUT2D eigenvalue weighted by Gasteiger charge is -2.30. The number of amides is 1. The quantitative estimate of drug-likeness (QED) is 0.297. The minimum atomic E-state index is -0.934. The topological polar surface area (TPSA) is 101 Å². The van der Waals surface area contributed by atoms with Crippen molar-refractivity contribution in [3.05, 3.63) is 16.1 Å². The number of thiazole rings is 1. The summed E-state index contributed by atoms with van der Waals surface area (Å²) < 4.78 is 0. The van der Waals surface area contributed by atoms with Crippen LogP contribution < -0.4 is 11.1 Å². The van der Waals surface area contributed by atoms with Crippen molar-refractivity contribution in [2.45, 2.75) is 53.0 Å². The predicted octanol–water partition coefficient (Wildman–Crippen LogP) is 2.40. The number of nitrogens with one attached hydrogen (secondary N) is 1. The van der Waals surface area contributed by atoms with Crippen molar-refractivity contribution < 1.29 is 10.0 Å². The first kappa shape index (κ1) is 17.4. The van der Waals surface area contributed by atoms with E-state index in [1.165, 1.54) is 11.3 Å². The number of oxime groups is 1. The summed E-state index contributed by atoms with van der Waals surface area (Å²) in [5.41, 5.74) is 7.57. The zero-order valence-electron chi connectivity index (χ0n) is 12.8. The molecular weight excluding hydrogens is 288 g/mol. The number of aromatic nitrogens is 1. The molecule has 1 heterocycles. The second-order valence-corrected chi connectivity index (χ2v) is 6.05. The Morgan fingerprint density at radius 2 is 2.10 bits per heavy atom. The monoisotopic (exact) mass is 312 g/mol. The molecule has 4 N–H and O–H groups in total. The van der Waals surface area contributed by atoms with Gasteiger partial charge in [-0.25, -0.2) is 4.98 Å². The zero-order chi connectivity index (χ0) is 15.9. The first-order chi connectivity index (χ1) is 10.0. The average Bonchev–Trinajstić information content (AvgIpc) is 2.88. The normalized spacial score (nSPS) is 12.4. The summed E-state index contributed by atoms with van der Waals surface area (Å²) in [5, 5.41) is 15.1. The molecule has 0 radical (unpaired) electrons. The Morgan fingerprint density at radius 1 is 1.48 bits per heavy atom. The van der Waals surface area contributed by atoms with Gasteiger partial charge < -0.3 is 16.3 Å². The molecule has 21 heavy (non-hydrogen) atoms. The molecule has 0 saturated heterocycles. The van der Waals surface area contributed by atoms with Crippen LogP contribution in [0.25, 0.3) is 0 Å². The van der Waals surface area contributed by atoms with E-state index in [9.17, 15) is 4.79 Å². The highest BCUT2D eigenvalue weighted by Gasteiger charge is 2.41. The lowest BCUT2D eigenvalue weighted by atomic mass is 9.77. The molecule has 0 aliphatic rings. The molecule has 0 fully saturated rings. The number of nitrogens with zero attached hydrogens (tertiary/aromatic N) is 2. The fourth-order valence-corrected chi connectivity index (χ4v) is 3.22. The highest BCUT2D eigenvalue weighted by Crippen LogP contribution is 2.31. The summed E-state index contributed by atoms with van der Waals surface area (Å²) in [6.45, 7) is 6.29. The third-order valence-corrected chi connectivity index (χ3v) is 4.58. The van der Waals surface area contributed by atoms with Crippen LogP contribution in [0.1, 0.15) is 50.1 Å². The van der Waals surface area contributed by atoms with Crippen LogP contribution in [0.5, 0.6) is 0 Å². The van der Waals surface area contributed by atoms with Crippen LogP contribution in [0.15, 0.2) is 10.7 Å². The van der Waals surface area contributed by atoms with E-state index in [2.05, 4.69) is 15.5 Å². The highest BCUT2D eigenvalue weighted by atomic mass is 32.1. The summed E-state index contributed by atoms with van der Waals surface area (Å²) in [6.07, 6.45) is 2.68. The fourth-order valence-electron chi connectivity index (χ4n) is 2.50. The molecule has 1 aromatic heterocycles. The fraction of sp³-hybridized carbons (Fsp3) is 0.643. The minimum absolute atomic E-state index is 0.00951. The van der Waals surface area contributed by atoms with E-state index >= 15 is 0 Å². The predicted molar refractivity (Wildman–Crippen MR) is 84.4 cm³/mol. The lowest BCUT2D eigenvalue weighted by molar-refractivity contribution is -0.128. The van der Waals surface area contributed by atoms with Gasteiger partial charge >= 0.3 is 0 Å². The molecule has 6 nitrogen and oxygen atoms in total. The van der Waals surface area contributed by atoms with E-state index in [-0.39, 0.29) is 11.7 Å². The van der Waals surface area contributed by atoms with Gasteiger partial charge in [0.2, 0.25) is 5.91 Å². The Bertz CT molecular complexity index is 493. The van der Waals surface area contributed by atoms with E-state index in [0.29, 0.717) is 19.4 Å². The van der Waals surface area contributed by atoms with Gasteiger partial charge in [-0.15, -0.1) is 11.3 Å². The summed E-state index contributed by atoms with van der Waals surface area (Å²) in [4.78, 5) is 17.8. The third-order valence-electron chi connectivity index (χ3n) is 3.64. The number of amidine groups is 1. The molecule has 1 amide bonds. The SMILES string of the molecule is CCCC(CCC)(C(=O)NCc1scnc1C)C(N)=NO. The number of carbonyl (C=O) groups excluding carboxylic acids is 1. The number of rotatable bonds is 8. The molecule has 0 bridgehead atoms. The summed E-state index contributed by atoms with van der Waals surface area (Å²) in [7, 11) is 0. The Kier molecular flexibility index (Phi) is 6.61. The smallest absolute Gasteiger partial charge is 0.234 e. The second-order valence-electron chi connectivity index (χ2n) is 5.11. The first-order valence-electron chi connectivity index (χ1n) is 7.17.